The van der Waals surface area contributed by atoms with Crippen LogP contribution in [-0.4, -0.2) is 30.2 Å². The van der Waals surface area contributed by atoms with Gasteiger partial charge in [-0.15, -0.1) is 0 Å². The molecule has 1 atom stereocenters. The molecule has 0 aliphatic heterocycles. The van der Waals surface area contributed by atoms with Crippen molar-refractivity contribution in [2.24, 2.45) is 5.10 Å². The van der Waals surface area contributed by atoms with E-state index in [9.17, 15) is 18.0 Å². The summed E-state index contributed by atoms with van der Waals surface area (Å²) in [7, 11) is -4.12. The van der Waals surface area contributed by atoms with E-state index in [1.54, 1.807) is 48.5 Å². The standard InChI is InChI=1S/C31H26ClN5O4S/c1-21(38)34-25-14-16-26(17-15-25)42(40,41)36-29(19-22-8-3-2-4-9-22)30-35-28-13-6-5-12-27(28)31(39)37(30)33-20-23-10-7-11-24(32)18-23/h2-18,20,29,36H,19H2,1H3,(H,34,38)/b33-20+. The Morgan fingerprint density at radius 3 is 2.40 bits per heavy atom. The van der Waals surface area contributed by atoms with Crippen molar-refractivity contribution in [3.05, 3.63) is 135 Å². The Morgan fingerprint density at radius 2 is 1.69 bits per heavy atom. The fourth-order valence-electron chi connectivity index (χ4n) is 4.40. The van der Waals surface area contributed by atoms with Crippen LogP contribution in [0, 0.1) is 0 Å². The van der Waals surface area contributed by atoms with E-state index in [0.29, 0.717) is 27.2 Å². The van der Waals surface area contributed by atoms with Gasteiger partial charge >= 0.3 is 0 Å². The number of rotatable bonds is 9. The molecule has 0 saturated heterocycles. The van der Waals surface area contributed by atoms with E-state index in [0.717, 1.165) is 10.2 Å². The van der Waals surface area contributed by atoms with E-state index in [2.05, 4.69) is 15.1 Å². The lowest BCUT2D eigenvalue weighted by atomic mass is 10.1. The van der Waals surface area contributed by atoms with Crippen molar-refractivity contribution in [3.8, 4) is 0 Å². The summed E-state index contributed by atoms with van der Waals surface area (Å²) in [5.74, 6) is -0.162. The molecule has 5 rings (SSSR count). The minimum Gasteiger partial charge on any atom is -0.326 e. The van der Waals surface area contributed by atoms with Crippen molar-refractivity contribution in [1.29, 1.82) is 0 Å². The number of carbonyl (C=O) groups is 1. The average Bonchev–Trinajstić information content (AvgIpc) is 2.97. The van der Waals surface area contributed by atoms with E-state index >= 15 is 0 Å². The number of fused-ring (bicyclic) bond motifs is 1. The van der Waals surface area contributed by atoms with Gasteiger partial charge in [-0.05, 0) is 66.1 Å². The Hall–Kier alpha value is -4.64. The Labute approximate surface area is 247 Å². The minimum absolute atomic E-state index is 0.0215. The van der Waals surface area contributed by atoms with Crippen LogP contribution in [0.15, 0.2) is 118 Å². The van der Waals surface area contributed by atoms with Gasteiger partial charge in [-0.25, -0.2) is 18.1 Å². The van der Waals surface area contributed by atoms with Crippen molar-refractivity contribution < 1.29 is 13.2 Å². The van der Waals surface area contributed by atoms with Crippen molar-refractivity contribution >= 4 is 50.3 Å². The molecular formula is C31H26ClN5O4S. The first kappa shape index (κ1) is 28.9. The highest BCUT2D eigenvalue weighted by molar-refractivity contribution is 7.89. The molecule has 0 fully saturated rings. The second-order valence-electron chi connectivity index (χ2n) is 9.47. The first-order valence-electron chi connectivity index (χ1n) is 13.0. The van der Waals surface area contributed by atoms with Gasteiger partial charge in [0.15, 0.2) is 5.82 Å². The number of nitrogens with one attached hydrogen (secondary N) is 2. The number of hydrogen-bond donors (Lipinski definition) is 2. The number of para-hydroxylation sites is 1. The molecule has 1 aromatic heterocycles. The third kappa shape index (κ3) is 6.80. The lowest BCUT2D eigenvalue weighted by Gasteiger charge is -2.21. The summed E-state index contributed by atoms with van der Waals surface area (Å²) >= 11 is 6.13. The predicted molar refractivity (Wildman–Crippen MR) is 164 cm³/mol. The van der Waals surface area contributed by atoms with Gasteiger partial charge in [0.25, 0.3) is 5.56 Å². The van der Waals surface area contributed by atoms with Crippen LogP contribution in [-0.2, 0) is 21.2 Å². The fraction of sp³-hybridized carbons (Fsp3) is 0.0968. The van der Waals surface area contributed by atoms with Gasteiger partial charge in [0, 0.05) is 17.6 Å². The molecule has 0 spiro atoms. The van der Waals surface area contributed by atoms with Gasteiger partial charge in [0.05, 0.1) is 28.1 Å². The maximum Gasteiger partial charge on any atom is 0.282 e. The zero-order chi connectivity index (χ0) is 29.7. The molecule has 11 heteroatoms. The number of aromatic nitrogens is 2. The first-order valence-corrected chi connectivity index (χ1v) is 14.8. The number of nitrogens with zero attached hydrogens (tertiary/aromatic N) is 3. The Balaban J connectivity index is 1.63. The number of hydrogen-bond acceptors (Lipinski definition) is 6. The minimum atomic E-state index is -4.12. The van der Waals surface area contributed by atoms with Crippen molar-refractivity contribution in [3.63, 3.8) is 0 Å². The molecule has 0 aliphatic rings. The van der Waals surface area contributed by atoms with E-state index in [4.69, 9.17) is 16.6 Å². The number of sulfonamides is 1. The summed E-state index contributed by atoms with van der Waals surface area (Å²) in [4.78, 5) is 29.8. The second-order valence-corrected chi connectivity index (χ2v) is 11.6. The fourth-order valence-corrected chi connectivity index (χ4v) is 5.79. The molecule has 212 valence electrons. The molecule has 42 heavy (non-hydrogen) atoms. The van der Waals surface area contributed by atoms with Gasteiger partial charge in [0.2, 0.25) is 15.9 Å². The number of anilines is 1. The molecule has 1 unspecified atom stereocenters. The second kappa shape index (κ2) is 12.5. The largest absolute Gasteiger partial charge is 0.326 e. The Morgan fingerprint density at radius 1 is 0.976 bits per heavy atom. The summed E-state index contributed by atoms with van der Waals surface area (Å²) in [6.45, 7) is 1.37. The quantitative estimate of drug-likeness (QED) is 0.227. The molecule has 1 heterocycles. The van der Waals surface area contributed by atoms with Crippen LogP contribution in [0.5, 0.6) is 0 Å². The molecule has 9 nitrogen and oxygen atoms in total. The van der Waals surface area contributed by atoms with Gasteiger partial charge in [-0.2, -0.15) is 9.78 Å². The molecule has 5 aromatic rings. The summed E-state index contributed by atoms with van der Waals surface area (Å²) in [5.41, 5.74) is 1.88. The lowest BCUT2D eigenvalue weighted by molar-refractivity contribution is -0.114. The third-order valence-corrected chi connectivity index (χ3v) is 8.05. The number of benzene rings is 4. The van der Waals surface area contributed by atoms with Crippen LogP contribution in [0.2, 0.25) is 5.02 Å². The van der Waals surface area contributed by atoms with Crippen LogP contribution < -0.4 is 15.6 Å². The van der Waals surface area contributed by atoms with E-state index in [1.165, 1.54) is 37.4 Å². The predicted octanol–water partition coefficient (Wildman–Crippen LogP) is 5.15. The summed E-state index contributed by atoms with van der Waals surface area (Å²) in [6, 6.07) is 27.9. The van der Waals surface area contributed by atoms with Gasteiger partial charge in [-0.3, -0.25) is 9.59 Å². The zero-order valence-electron chi connectivity index (χ0n) is 22.4. The van der Waals surface area contributed by atoms with Crippen molar-refractivity contribution in [1.82, 2.24) is 14.4 Å². The smallest absolute Gasteiger partial charge is 0.282 e. The first-order chi connectivity index (χ1) is 20.2. The molecule has 0 saturated carbocycles. The number of amides is 1. The summed E-state index contributed by atoms with van der Waals surface area (Å²) < 4.78 is 31.2. The molecule has 0 aliphatic carbocycles. The van der Waals surface area contributed by atoms with E-state index < -0.39 is 21.6 Å². The van der Waals surface area contributed by atoms with Crippen LogP contribution in [0.4, 0.5) is 5.69 Å². The van der Waals surface area contributed by atoms with Crippen LogP contribution >= 0.6 is 11.6 Å². The highest BCUT2D eigenvalue weighted by Gasteiger charge is 2.27. The molecule has 1 amide bonds. The molecule has 0 bridgehead atoms. The van der Waals surface area contributed by atoms with Gasteiger partial charge < -0.3 is 5.32 Å². The monoisotopic (exact) mass is 599 g/mol. The lowest BCUT2D eigenvalue weighted by Crippen LogP contribution is -2.35. The van der Waals surface area contributed by atoms with Crippen molar-refractivity contribution in [2.75, 3.05) is 5.32 Å². The highest BCUT2D eigenvalue weighted by atomic mass is 35.5. The average molecular weight is 600 g/mol. The Kier molecular flexibility index (Phi) is 8.58. The van der Waals surface area contributed by atoms with Crippen molar-refractivity contribution in [2.45, 2.75) is 24.3 Å². The zero-order valence-corrected chi connectivity index (χ0v) is 24.0. The summed E-state index contributed by atoms with van der Waals surface area (Å²) in [5, 5.41) is 7.91. The molecule has 2 N–H and O–H groups in total. The normalized spacial score (nSPS) is 12.4. The molecule has 0 radical (unpaired) electrons. The molecule has 4 aromatic carbocycles. The maximum atomic E-state index is 13.7. The van der Waals surface area contributed by atoms with Gasteiger partial charge in [-0.1, -0.05) is 66.2 Å². The topological polar surface area (TPSA) is 123 Å². The van der Waals surface area contributed by atoms with Crippen LogP contribution in [0.25, 0.3) is 10.9 Å². The SMILES string of the molecule is CC(=O)Nc1ccc(S(=O)(=O)NC(Cc2ccccc2)c2nc3ccccc3c(=O)n2/N=C/c2cccc(Cl)c2)cc1. The molecular weight excluding hydrogens is 574 g/mol. The van der Waals surface area contributed by atoms with Crippen LogP contribution in [0.1, 0.15) is 29.9 Å². The summed E-state index contributed by atoms with van der Waals surface area (Å²) in [6.07, 6.45) is 1.66. The highest BCUT2D eigenvalue weighted by Crippen LogP contribution is 2.23. The maximum absolute atomic E-state index is 13.7. The third-order valence-electron chi connectivity index (χ3n) is 6.33. The van der Waals surface area contributed by atoms with E-state index in [1.807, 2.05) is 30.3 Å². The Bertz CT molecular complexity index is 1940. The van der Waals surface area contributed by atoms with E-state index in [-0.39, 0.29) is 23.0 Å². The number of halogens is 1. The van der Waals surface area contributed by atoms with Gasteiger partial charge in [0.1, 0.15) is 0 Å². The van der Waals surface area contributed by atoms with Crippen LogP contribution in [0.3, 0.4) is 0 Å². The number of carbonyl (C=O) groups excluding carboxylic acids is 1.